The highest BCUT2D eigenvalue weighted by Gasteiger charge is 2.31. The molecule has 1 aromatic carbocycles. The van der Waals surface area contributed by atoms with Crippen LogP contribution in [0.15, 0.2) is 24.3 Å². The van der Waals surface area contributed by atoms with E-state index < -0.39 is 17.8 Å². The molecule has 0 unspecified atom stereocenters. The van der Waals surface area contributed by atoms with E-state index in [2.05, 4.69) is 5.32 Å². The number of aliphatic hydroxyl groups excluding tert-OH is 1. The molecule has 1 atom stereocenters. The van der Waals surface area contributed by atoms with Crippen LogP contribution < -0.4 is 5.32 Å². The second kappa shape index (κ2) is 7.31. The zero-order valence-corrected chi connectivity index (χ0v) is 12.9. The third kappa shape index (κ3) is 4.94. The number of nitrogens with zero attached hydrogens (tertiary/aromatic N) is 1. The van der Waals surface area contributed by atoms with Crippen LogP contribution >= 0.6 is 0 Å². The summed E-state index contributed by atoms with van der Waals surface area (Å²) < 4.78 is 38.0. The Morgan fingerprint density at radius 3 is 2.61 bits per heavy atom. The van der Waals surface area contributed by atoms with Gasteiger partial charge in [0.05, 0.1) is 11.7 Å². The number of carbonyl (C=O) groups is 1. The summed E-state index contributed by atoms with van der Waals surface area (Å²) in [5.74, 6) is 0.0486. The van der Waals surface area contributed by atoms with Crippen molar-refractivity contribution in [3.05, 3.63) is 35.4 Å². The van der Waals surface area contributed by atoms with Gasteiger partial charge in [-0.15, -0.1) is 0 Å². The third-order valence-corrected chi connectivity index (χ3v) is 4.14. The van der Waals surface area contributed by atoms with Crippen LogP contribution in [-0.4, -0.2) is 41.6 Å². The fraction of sp³-hybridized carbons (Fsp3) is 0.562. The lowest BCUT2D eigenvalue weighted by atomic mass is 10.0. The lowest BCUT2D eigenvalue weighted by molar-refractivity contribution is -0.137. The number of rotatable bonds is 4. The van der Waals surface area contributed by atoms with Crippen molar-refractivity contribution in [3.63, 3.8) is 0 Å². The molecular weight excluding hydrogens is 309 g/mol. The summed E-state index contributed by atoms with van der Waals surface area (Å²) in [5.41, 5.74) is -0.516. The molecule has 1 heterocycles. The topological polar surface area (TPSA) is 52.6 Å². The highest BCUT2D eigenvalue weighted by Crippen LogP contribution is 2.30. The summed E-state index contributed by atoms with van der Waals surface area (Å²) in [6, 6.07) is 4.91. The molecule has 0 radical (unpaired) electrons. The third-order valence-electron chi connectivity index (χ3n) is 4.14. The Balaban J connectivity index is 1.86. The van der Waals surface area contributed by atoms with Crippen molar-refractivity contribution in [2.45, 2.75) is 38.1 Å². The van der Waals surface area contributed by atoms with Crippen molar-refractivity contribution < 1.29 is 23.1 Å². The van der Waals surface area contributed by atoms with Crippen molar-refractivity contribution in [2.24, 2.45) is 0 Å². The molecule has 1 saturated heterocycles. The Bertz CT molecular complexity index is 540. The Kier molecular flexibility index (Phi) is 5.64. The minimum Gasteiger partial charge on any atom is -0.387 e. The Labute approximate surface area is 133 Å². The smallest absolute Gasteiger partial charge is 0.387 e. The van der Waals surface area contributed by atoms with E-state index in [0.29, 0.717) is 13.1 Å². The van der Waals surface area contributed by atoms with Crippen molar-refractivity contribution in [2.75, 3.05) is 19.6 Å². The predicted octanol–water partition coefficient (Wildman–Crippen LogP) is 2.34. The van der Waals surface area contributed by atoms with E-state index in [9.17, 15) is 23.1 Å². The number of likely N-dealkylation sites (tertiary alicyclic amines) is 1. The monoisotopic (exact) mass is 330 g/mol. The van der Waals surface area contributed by atoms with E-state index in [1.54, 1.807) is 4.90 Å². The summed E-state index contributed by atoms with van der Waals surface area (Å²) in [7, 11) is 0. The molecule has 0 saturated carbocycles. The first-order valence-electron chi connectivity index (χ1n) is 7.61. The number of amides is 1. The lowest BCUT2D eigenvalue weighted by Gasteiger charge is -2.32. The molecule has 4 nitrogen and oxygen atoms in total. The fourth-order valence-corrected chi connectivity index (χ4v) is 2.72. The molecule has 128 valence electrons. The molecule has 0 bridgehead atoms. The number of nitrogens with one attached hydrogen (secondary N) is 1. The van der Waals surface area contributed by atoms with E-state index in [0.717, 1.165) is 25.0 Å². The normalized spacial score (nSPS) is 18.0. The zero-order chi connectivity index (χ0) is 17.0. The fourth-order valence-electron chi connectivity index (χ4n) is 2.72. The predicted molar refractivity (Wildman–Crippen MR) is 79.7 cm³/mol. The van der Waals surface area contributed by atoms with Gasteiger partial charge in [-0.25, -0.2) is 0 Å². The van der Waals surface area contributed by atoms with Gasteiger partial charge < -0.3 is 15.3 Å². The molecule has 23 heavy (non-hydrogen) atoms. The van der Waals surface area contributed by atoms with E-state index in [1.165, 1.54) is 19.1 Å². The van der Waals surface area contributed by atoms with Crippen LogP contribution in [0.1, 0.15) is 37.0 Å². The van der Waals surface area contributed by atoms with Gasteiger partial charge >= 0.3 is 6.18 Å². The maximum atomic E-state index is 12.7. The number of halogens is 3. The number of hydrogen-bond acceptors (Lipinski definition) is 3. The SMILES string of the molecule is CC(=O)N1CCC(NC[C@@H](O)c2cccc(C(F)(F)F)c2)CC1. The lowest BCUT2D eigenvalue weighted by Crippen LogP contribution is -2.45. The van der Waals surface area contributed by atoms with Crippen LogP contribution in [0, 0.1) is 0 Å². The van der Waals surface area contributed by atoms with Crippen LogP contribution in [0.2, 0.25) is 0 Å². The zero-order valence-electron chi connectivity index (χ0n) is 12.9. The van der Waals surface area contributed by atoms with Crippen molar-refractivity contribution in [3.8, 4) is 0 Å². The van der Waals surface area contributed by atoms with Crippen molar-refractivity contribution >= 4 is 5.91 Å². The minimum absolute atomic E-state index is 0.0486. The van der Waals surface area contributed by atoms with E-state index in [-0.39, 0.29) is 24.1 Å². The largest absolute Gasteiger partial charge is 0.416 e. The van der Waals surface area contributed by atoms with Gasteiger partial charge in [0.25, 0.3) is 0 Å². The van der Waals surface area contributed by atoms with Gasteiger partial charge in [-0.2, -0.15) is 13.2 Å². The molecule has 7 heteroatoms. The second-order valence-electron chi connectivity index (χ2n) is 5.83. The quantitative estimate of drug-likeness (QED) is 0.891. The number of carbonyl (C=O) groups excluding carboxylic acids is 1. The first kappa shape index (κ1) is 17.7. The molecular formula is C16H21F3N2O2. The van der Waals surface area contributed by atoms with Gasteiger partial charge in [-0.05, 0) is 30.5 Å². The number of hydrogen-bond donors (Lipinski definition) is 2. The maximum Gasteiger partial charge on any atom is 0.416 e. The van der Waals surface area contributed by atoms with E-state index in [1.807, 2.05) is 0 Å². The first-order valence-corrected chi connectivity index (χ1v) is 7.61. The number of benzene rings is 1. The molecule has 0 aliphatic carbocycles. The molecule has 1 amide bonds. The summed E-state index contributed by atoms with van der Waals surface area (Å²) in [6.07, 6.45) is -3.87. The average Bonchev–Trinajstić information content (AvgIpc) is 2.52. The minimum atomic E-state index is -4.41. The van der Waals surface area contributed by atoms with Crippen LogP contribution in [-0.2, 0) is 11.0 Å². The van der Waals surface area contributed by atoms with E-state index >= 15 is 0 Å². The number of alkyl halides is 3. The Morgan fingerprint density at radius 2 is 2.04 bits per heavy atom. The molecule has 1 aliphatic rings. The molecule has 0 spiro atoms. The summed E-state index contributed by atoms with van der Waals surface area (Å²) in [6.45, 7) is 3.04. The van der Waals surface area contributed by atoms with Crippen LogP contribution in [0.25, 0.3) is 0 Å². The number of aliphatic hydroxyl groups is 1. The molecule has 1 fully saturated rings. The van der Waals surface area contributed by atoms with Crippen LogP contribution in [0.5, 0.6) is 0 Å². The van der Waals surface area contributed by atoms with E-state index in [4.69, 9.17) is 0 Å². The molecule has 0 aromatic heterocycles. The van der Waals surface area contributed by atoms with Gasteiger partial charge in [0.2, 0.25) is 5.91 Å². The van der Waals surface area contributed by atoms with Crippen molar-refractivity contribution in [1.82, 2.24) is 10.2 Å². The van der Waals surface area contributed by atoms with Crippen molar-refractivity contribution in [1.29, 1.82) is 0 Å². The average molecular weight is 330 g/mol. The Hall–Kier alpha value is -1.60. The maximum absolute atomic E-state index is 12.7. The van der Waals surface area contributed by atoms with Gasteiger partial charge in [-0.3, -0.25) is 4.79 Å². The van der Waals surface area contributed by atoms with Gasteiger partial charge in [-0.1, -0.05) is 12.1 Å². The highest BCUT2D eigenvalue weighted by molar-refractivity contribution is 5.73. The van der Waals surface area contributed by atoms with Gasteiger partial charge in [0, 0.05) is 32.6 Å². The molecule has 2 N–H and O–H groups in total. The summed E-state index contributed by atoms with van der Waals surface area (Å²) >= 11 is 0. The first-order chi connectivity index (χ1) is 10.8. The number of piperidine rings is 1. The molecule has 1 aromatic rings. The highest BCUT2D eigenvalue weighted by atomic mass is 19.4. The summed E-state index contributed by atoms with van der Waals surface area (Å²) in [5, 5.41) is 13.3. The van der Waals surface area contributed by atoms with Crippen LogP contribution in [0.4, 0.5) is 13.2 Å². The van der Waals surface area contributed by atoms with Crippen LogP contribution in [0.3, 0.4) is 0 Å². The molecule has 2 rings (SSSR count). The van der Waals surface area contributed by atoms with Gasteiger partial charge in [0.15, 0.2) is 0 Å². The summed E-state index contributed by atoms with van der Waals surface area (Å²) in [4.78, 5) is 13.0. The molecule has 1 aliphatic heterocycles. The Morgan fingerprint density at radius 1 is 1.39 bits per heavy atom. The van der Waals surface area contributed by atoms with Gasteiger partial charge in [0.1, 0.15) is 0 Å². The standard InChI is InChI=1S/C16H21F3N2O2/c1-11(22)21-7-5-14(6-8-21)20-10-15(23)12-3-2-4-13(9-12)16(17,18)19/h2-4,9,14-15,20,23H,5-8,10H2,1H3/t15-/m1/s1. The second-order valence-corrected chi connectivity index (χ2v) is 5.83.